The van der Waals surface area contributed by atoms with Gasteiger partial charge in [-0.3, -0.25) is 9.97 Å². The highest BCUT2D eigenvalue weighted by molar-refractivity contribution is 7.99. The highest BCUT2D eigenvalue weighted by Crippen LogP contribution is 2.40. The number of pyridine rings is 1. The highest BCUT2D eigenvalue weighted by Gasteiger charge is 2.34. The van der Waals surface area contributed by atoms with Crippen LogP contribution in [0.5, 0.6) is 5.75 Å². The smallest absolute Gasteiger partial charge is 0.119 e. The molecule has 9 heteroatoms. The number of aromatic nitrogens is 3. The number of methoxy groups -OCH3 is 1. The molecule has 3 aromatic rings. The summed E-state index contributed by atoms with van der Waals surface area (Å²) in [6.07, 6.45) is 10.3. The van der Waals surface area contributed by atoms with Gasteiger partial charge in [-0.2, -0.15) is 0 Å². The van der Waals surface area contributed by atoms with Crippen molar-refractivity contribution in [2.75, 3.05) is 39.1 Å². The molecule has 7 nitrogen and oxygen atoms in total. The van der Waals surface area contributed by atoms with E-state index in [1.165, 1.54) is 0 Å². The predicted octanol–water partition coefficient (Wildman–Crippen LogP) is 4.76. The Kier molecular flexibility index (Phi) is 9.19. The average Bonchev–Trinajstić information content (AvgIpc) is 2.90. The van der Waals surface area contributed by atoms with Gasteiger partial charge < -0.3 is 19.8 Å². The minimum absolute atomic E-state index is 0.134. The van der Waals surface area contributed by atoms with Gasteiger partial charge in [0, 0.05) is 41.9 Å². The Balaban J connectivity index is 1.30. The van der Waals surface area contributed by atoms with Crippen LogP contribution in [0.2, 0.25) is 5.02 Å². The Morgan fingerprint density at radius 3 is 2.74 bits per heavy atom. The van der Waals surface area contributed by atoms with E-state index in [1.807, 2.05) is 18.2 Å². The normalized spacial score (nSPS) is 16.9. The number of fused-ring (bicyclic) bond motifs is 1. The number of aliphatic hydroxyl groups excluding tert-OH is 2. The minimum atomic E-state index is -0.736. The quantitative estimate of drug-likeness (QED) is 0.278. The SMILES string of the molecule is COc1ccc2ncc(Cl)c([C@@H](O)CCC3(CO)CCN(CCCSc4cnccn4)CC3)c2c1. The zero-order valence-corrected chi connectivity index (χ0v) is 21.6. The molecule has 188 valence electrons. The van der Waals surface area contributed by atoms with E-state index in [2.05, 4.69) is 19.9 Å². The molecule has 0 radical (unpaired) electrons. The van der Waals surface area contributed by atoms with Gasteiger partial charge in [-0.15, -0.1) is 11.8 Å². The number of thioether (sulfide) groups is 1. The monoisotopic (exact) mass is 516 g/mol. The number of nitrogens with zero attached hydrogens (tertiary/aromatic N) is 4. The number of hydrogen-bond acceptors (Lipinski definition) is 8. The molecule has 1 atom stereocenters. The van der Waals surface area contributed by atoms with E-state index in [-0.39, 0.29) is 12.0 Å². The third-order valence-corrected chi connectivity index (χ3v) is 8.31. The van der Waals surface area contributed by atoms with Gasteiger partial charge in [-0.25, -0.2) is 4.98 Å². The number of halogens is 1. The number of likely N-dealkylation sites (tertiary alicyclic amines) is 1. The summed E-state index contributed by atoms with van der Waals surface area (Å²) in [6.45, 7) is 3.10. The lowest BCUT2D eigenvalue weighted by molar-refractivity contribution is 0.0238. The van der Waals surface area contributed by atoms with Crippen molar-refractivity contribution in [2.45, 2.75) is 43.2 Å². The molecule has 1 saturated heterocycles. The highest BCUT2D eigenvalue weighted by atomic mass is 35.5. The van der Waals surface area contributed by atoms with Crippen LogP contribution in [0.25, 0.3) is 10.9 Å². The second-order valence-corrected chi connectivity index (χ2v) is 10.7. The summed E-state index contributed by atoms with van der Waals surface area (Å²) in [5.41, 5.74) is 1.28. The standard InChI is InChI=1S/C26H33ClN4O3S/c1-34-19-3-4-22-20(15-19)25(21(27)16-30-22)23(33)5-6-26(18-32)7-12-31(13-8-26)11-2-14-35-24-17-28-9-10-29-24/h3-4,9-10,15-17,23,32-33H,2,5-8,11-14,18H2,1H3/t23-/m0/s1. The maximum atomic E-state index is 11.1. The Morgan fingerprint density at radius 1 is 1.20 bits per heavy atom. The summed E-state index contributed by atoms with van der Waals surface area (Å²) in [4.78, 5) is 15.3. The van der Waals surface area contributed by atoms with Gasteiger partial charge in [0.25, 0.3) is 0 Å². The Hall–Kier alpha value is -1.97. The van der Waals surface area contributed by atoms with E-state index in [9.17, 15) is 10.2 Å². The van der Waals surface area contributed by atoms with Crippen molar-refractivity contribution < 1.29 is 14.9 Å². The van der Waals surface area contributed by atoms with Gasteiger partial charge in [-0.1, -0.05) is 11.6 Å². The molecule has 2 N–H and O–H groups in total. The molecule has 1 fully saturated rings. The zero-order valence-electron chi connectivity index (χ0n) is 20.1. The Morgan fingerprint density at radius 2 is 2.03 bits per heavy atom. The molecule has 35 heavy (non-hydrogen) atoms. The first-order valence-corrected chi connectivity index (χ1v) is 13.4. The maximum absolute atomic E-state index is 11.1. The molecule has 1 aliphatic rings. The largest absolute Gasteiger partial charge is 0.497 e. The molecule has 0 unspecified atom stereocenters. The molecular weight excluding hydrogens is 484 g/mol. The van der Waals surface area contributed by atoms with Crippen LogP contribution in [-0.4, -0.2) is 69.2 Å². The third-order valence-electron chi connectivity index (χ3n) is 7.01. The molecule has 4 rings (SSSR count). The average molecular weight is 517 g/mol. The lowest BCUT2D eigenvalue weighted by Gasteiger charge is -2.41. The number of rotatable bonds is 11. The van der Waals surface area contributed by atoms with Crippen LogP contribution >= 0.6 is 23.4 Å². The molecule has 0 spiro atoms. The third kappa shape index (κ3) is 6.62. The molecular formula is C26H33ClN4O3S. The van der Waals surface area contributed by atoms with Crippen molar-refractivity contribution in [1.29, 1.82) is 0 Å². The molecule has 0 aliphatic carbocycles. The second kappa shape index (κ2) is 12.3. The van der Waals surface area contributed by atoms with Crippen LogP contribution in [0.1, 0.15) is 43.8 Å². The number of ether oxygens (including phenoxy) is 1. The minimum Gasteiger partial charge on any atom is -0.497 e. The number of benzene rings is 1. The van der Waals surface area contributed by atoms with Crippen LogP contribution < -0.4 is 4.74 Å². The maximum Gasteiger partial charge on any atom is 0.119 e. The molecule has 0 saturated carbocycles. The van der Waals surface area contributed by atoms with Crippen LogP contribution in [0.3, 0.4) is 0 Å². The van der Waals surface area contributed by atoms with Gasteiger partial charge in [0.05, 0.1) is 29.9 Å². The first-order valence-electron chi connectivity index (χ1n) is 12.1. The number of piperidine rings is 1. The fraction of sp³-hybridized carbons (Fsp3) is 0.500. The predicted molar refractivity (Wildman–Crippen MR) is 140 cm³/mol. The van der Waals surface area contributed by atoms with Crippen LogP contribution in [0.4, 0.5) is 0 Å². The summed E-state index contributed by atoms with van der Waals surface area (Å²) < 4.78 is 5.36. The van der Waals surface area contributed by atoms with Crippen molar-refractivity contribution >= 4 is 34.3 Å². The van der Waals surface area contributed by atoms with E-state index in [1.54, 1.807) is 43.7 Å². The Bertz CT molecular complexity index is 1100. The van der Waals surface area contributed by atoms with E-state index < -0.39 is 6.10 Å². The van der Waals surface area contributed by atoms with Crippen molar-refractivity contribution in [3.05, 3.63) is 53.6 Å². The van der Waals surface area contributed by atoms with Gasteiger partial charge in [0.2, 0.25) is 0 Å². The van der Waals surface area contributed by atoms with Gasteiger partial charge in [0.1, 0.15) is 10.8 Å². The summed E-state index contributed by atoms with van der Waals surface area (Å²) in [6, 6.07) is 5.59. The van der Waals surface area contributed by atoms with E-state index in [0.717, 1.165) is 67.0 Å². The number of aliphatic hydroxyl groups is 2. The molecule has 0 bridgehead atoms. The van der Waals surface area contributed by atoms with E-state index >= 15 is 0 Å². The van der Waals surface area contributed by atoms with Gasteiger partial charge >= 0.3 is 0 Å². The van der Waals surface area contributed by atoms with Crippen molar-refractivity contribution in [2.24, 2.45) is 5.41 Å². The first-order chi connectivity index (χ1) is 17.0. The first kappa shape index (κ1) is 26.1. The Labute approximate surface area is 215 Å². The van der Waals surface area contributed by atoms with Crippen LogP contribution in [0, 0.1) is 5.41 Å². The van der Waals surface area contributed by atoms with Crippen LogP contribution in [0.15, 0.2) is 48.0 Å². The summed E-state index contributed by atoms with van der Waals surface area (Å²) >= 11 is 8.21. The molecule has 0 amide bonds. The fourth-order valence-electron chi connectivity index (χ4n) is 4.78. The number of hydrogen-bond donors (Lipinski definition) is 2. The zero-order chi connectivity index (χ0) is 24.7. The molecule has 2 aromatic heterocycles. The lowest BCUT2D eigenvalue weighted by atomic mass is 9.74. The fourth-order valence-corrected chi connectivity index (χ4v) is 5.81. The summed E-state index contributed by atoms with van der Waals surface area (Å²) in [5, 5.41) is 23.6. The van der Waals surface area contributed by atoms with Crippen molar-refractivity contribution in [3.8, 4) is 5.75 Å². The van der Waals surface area contributed by atoms with E-state index in [4.69, 9.17) is 16.3 Å². The van der Waals surface area contributed by atoms with Gasteiger partial charge in [-0.05, 0) is 75.4 Å². The molecule has 3 heterocycles. The van der Waals surface area contributed by atoms with Crippen LogP contribution in [-0.2, 0) is 0 Å². The lowest BCUT2D eigenvalue weighted by Crippen LogP contribution is -2.42. The van der Waals surface area contributed by atoms with Gasteiger partial charge in [0.15, 0.2) is 0 Å². The topological polar surface area (TPSA) is 91.6 Å². The molecule has 1 aromatic carbocycles. The summed E-state index contributed by atoms with van der Waals surface area (Å²) in [7, 11) is 1.61. The van der Waals surface area contributed by atoms with Crippen molar-refractivity contribution in [3.63, 3.8) is 0 Å². The molecule has 1 aliphatic heterocycles. The summed E-state index contributed by atoms with van der Waals surface area (Å²) in [5.74, 6) is 1.71. The second-order valence-electron chi connectivity index (χ2n) is 9.20. The van der Waals surface area contributed by atoms with E-state index in [0.29, 0.717) is 22.8 Å². The van der Waals surface area contributed by atoms with Crippen molar-refractivity contribution in [1.82, 2.24) is 19.9 Å².